The number of rotatable bonds is 5. The van der Waals surface area contributed by atoms with Crippen molar-refractivity contribution in [2.75, 3.05) is 0 Å². The van der Waals surface area contributed by atoms with Crippen LogP contribution in [0.3, 0.4) is 0 Å². The molecule has 0 heterocycles. The van der Waals surface area contributed by atoms with Gasteiger partial charge in [-0.25, -0.2) is 13.1 Å². The highest BCUT2D eigenvalue weighted by Crippen LogP contribution is 2.16. The van der Waals surface area contributed by atoms with Crippen LogP contribution < -0.4 is 10.5 Å². The zero-order valence-electron chi connectivity index (χ0n) is 16.5. The van der Waals surface area contributed by atoms with Gasteiger partial charge in [-0.3, -0.25) is 0 Å². The molecule has 3 aromatic carbocycles. The Kier molecular flexibility index (Phi) is 11.1. The van der Waals surface area contributed by atoms with E-state index in [-0.39, 0.29) is 22.7 Å². The summed E-state index contributed by atoms with van der Waals surface area (Å²) in [6.45, 7) is 3.40. The molecule has 0 bridgehead atoms. The SMILES string of the molecule is CC(N)C(C)NS(=O)(=O)c1ccc(N=O)cc1.c1ccccc1.c1ccccc1. The molecule has 6 nitrogen and oxygen atoms in total. The van der Waals surface area contributed by atoms with E-state index in [0.717, 1.165) is 0 Å². The maximum absolute atomic E-state index is 11.9. The van der Waals surface area contributed by atoms with Gasteiger partial charge in [-0.2, -0.15) is 0 Å². The molecule has 0 aliphatic heterocycles. The molecule has 3 N–H and O–H groups in total. The molecule has 7 heteroatoms. The van der Waals surface area contributed by atoms with Crippen LogP contribution in [0.4, 0.5) is 5.69 Å². The molecule has 2 unspecified atom stereocenters. The van der Waals surface area contributed by atoms with Crippen LogP contribution in [0.5, 0.6) is 0 Å². The second kappa shape index (κ2) is 13.3. The van der Waals surface area contributed by atoms with Gasteiger partial charge in [0.25, 0.3) is 0 Å². The Morgan fingerprint density at radius 1 is 0.759 bits per heavy atom. The molecule has 0 aliphatic carbocycles. The minimum Gasteiger partial charge on any atom is -0.327 e. The first-order chi connectivity index (χ1) is 13.9. The minimum absolute atomic E-state index is 0.0809. The lowest BCUT2D eigenvalue weighted by Crippen LogP contribution is -2.43. The fourth-order valence-electron chi connectivity index (χ4n) is 1.88. The van der Waals surface area contributed by atoms with Crippen molar-refractivity contribution in [1.29, 1.82) is 0 Å². The van der Waals surface area contributed by atoms with Crippen LogP contribution in [0, 0.1) is 4.91 Å². The molecule has 0 radical (unpaired) electrons. The van der Waals surface area contributed by atoms with Gasteiger partial charge in [0.05, 0.1) is 4.90 Å². The normalized spacial score (nSPS) is 12.2. The average Bonchev–Trinajstić information content (AvgIpc) is 2.77. The number of hydrogen-bond donors (Lipinski definition) is 2. The number of benzene rings is 3. The van der Waals surface area contributed by atoms with Crippen LogP contribution in [0.2, 0.25) is 0 Å². The van der Waals surface area contributed by atoms with Gasteiger partial charge in [-0.05, 0) is 43.3 Å². The summed E-state index contributed by atoms with van der Waals surface area (Å²) in [6.07, 6.45) is 0. The first kappa shape index (κ1) is 24.2. The van der Waals surface area contributed by atoms with E-state index >= 15 is 0 Å². The van der Waals surface area contributed by atoms with Crippen LogP contribution in [-0.4, -0.2) is 20.5 Å². The largest absolute Gasteiger partial charge is 0.327 e. The van der Waals surface area contributed by atoms with Crippen LogP contribution >= 0.6 is 0 Å². The third-order valence-electron chi connectivity index (χ3n) is 3.72. The molecule has 154 valence electrons. The Morgan fingerprint density at radius 2 is 1.10 bits per heavy atom. The molecule has 0 amide bonds. The maximum Gasteiger partial charge on any atom is 0.240 e. The van der Waals surface area contributed by atoms with Gasteiger partial charge in [0.15, 0.2) is 0 Å². The number of nitroso groups, excluding NO2 is 1. The number of sulfonamides is 1. The standard InChI is InChI=1S/C10H15N3O3S.2C6H6/c1-7(11)8(2)13-17(15,16)10-5-3-9(12-14)4-6-10;2*1-2-4-6-5-3-1/h3-8,13H,11H2,1-2H3;2*1-6H. The minimum atomic E-state index is -3.60. The van der Waals surface area contributed by atoms with E-state index in [1.54, 1.807) is 13.8 Å². The average molecular weight is 414 g/mol. The predicted molar refractivity (Wildman–Crippen MR) is 118 cm³/mol. The predicted octanol–water partition coefficient (Wildman–Crippen LogP) is 4.47. The highest BCUT2D eigenvalue weighted by atomic mass is 32.2. The third kappa shape index (κ3) is 10.3. The van der Waals surface area contributed by atoms with Gasteiger partial charge in [-0.15, -0.1) is 4.91 Å². The number of nitrogens with zero attached hydrogens (tertiary/aromatic N) is 1. The number of nitrogens with two attached hydrogens (primary N) is 1. The molecule has 3 rings (SSSR count). The van der Waals surface area contributed by atoms with E-state index < -0.39 is 10.0 Å². The summed E-state index contributed by atoms with van der Waals surface area (Å²) in [7, 11) is -3.60. The molecule has 0 saturated heterocycles. The Bertz CT molecular complexity index is 816. The van der Waals surface area contributed by atoms with Crippen LogP contribution in [-0.2, 0) is 10.0 Å². The maximum atomic E-state index is 11.9. The molecule has 0 spiro atoms. The van der Waals surface area contributed by atoms with Gasteiger partial charge >= 0.3 is 0 Å². The van der Waals surface area contributed by atoms with Gasteiger partial charge in [0, 0.05) is 12.1 Å². The molecule has 0 saturated carbocycles. The van der Waals surface area contributed by atoms with Crippen molar-refractivity contribution in [2.45, 2.75) is 30.8 Å². The summed E-state index contributed by atoms with van der Waals surface area (Å²) >= 11 is 0. The Labute approximate surface area is 172 Å². The summed E-state index contributed by atoms with van der Waals surface area (Å²) in [6, 6.07) is 28.7. The molecule has 2 atom stereocenters. The molecule has 0 fully saturated rings. The monoisotopic (exact) mass is 413 g/mol. The summed E-state index contributed by atoms with van der Waals surface area (Å²) < 4.78 is 26.2. The Balaban J connectivity index is 0.000000281. The van der Waals surface area contributed by atoms with E-state index in [2.05, 4.69) is 9.90 Å². The third-order valence-corrected chi connectivity index (χ3v) is 5.29. The van der Waals surface area contributed by atoms with Crippen molar-refractivity contribution in [2.24, 2.45) is 10.9 Å². The van der Waals surface area contributed by atoms with E-state index in [1.165, 1.54) is 24.3 Å². The highest BCUT2D eigenvalue weighted by Gasteiger charge is 2.19. The second-order valence-electron chi connectivity index (χ2n) is 6.16. The highest BCUT2D eigenvalue weighted by molar-refractivity contribution is 7.89. The van der Waals surface area contributed by atoms with E-state index in [1.807, 2.05) is 72.8 Å². The van der Waals surface area contributed by atoms with Crippen molar-refractivity contribution in [3.8, 4) is 0 Å². The Morgan fingerprint density at radius 3 is 1.38 bits per heavy atom. The molecular weight excluding hydrogens is 386 g/mol. The summed E-state index contributed by atoms with van der Waals surface area (Å²) in [5, 5.41) is 2.70. The lowest BCUT2D eigenvalue weighted by atomic mass is 10.2. The number of hydrogen-bond acceptors (Lipinski definition) is 5. The smallest absolute Gasteiger partial charge is 0.240 e. The quantitative estimate of drug-likeness (QED) is 0.602. The molecular formula is C22H27N3O3S. The van der Waals surface area contributed by atoms with Gasteiger partial charge in [0.1, 0.15) is 5.69 Å². The fraction of sp³-hybridized carbons (Fsp3) is 0.182. The van der Waals surface area contributed by atoms with Crippen molar-refractivity contribution in [3.63, 3.8) is 0 Å². The van der Waals surface area contributed by atoms with E-state index in [9.17, 15) is 13.3 Å². The summed E-state index contributed by atoms with van der Waals surface area (Å²) in [5.41, 5.74) is 5.77. The first-order valence-corrected chi connectivity index (χ1v) is 10.6. The summed E-state index contributed by atoms with van der Waals surface area (Å²) in [5.74, 6) is 0. The van der Waals surface area contributed by atoms with Gasteiger partial charge in [-0.1, -0.05) is 72.8 Å². The molecule has 0 aromatic heterocycles. The second-order valence-corrected chi connectivity index (χ2v) is 7.88. The van der Waals surface area contributed by atoms with Crippen LogP contribution in [0.25, 0.3) is 0 Å². The lowest BCUT2D eigenvalue weighted by Gasteiger charge is -2.17. The molecule has 3 aromatic rings. The lowest BCUT2D eigenvalue weighted by molar-refractivity contribution is 0.523. The fourth-order valence-corrected chi connectivity index (χ4v) is 3.21. The van der Waals surface area contributed by atoms with Crippen molar-refractivity contribution < 1.29 is 8.42 Å². The Hall–Kier alpha value is -2.87. The number of nitrogens with one attached hydrogen (secondary N) is 1. The van der Waals surface area contributed by atoms with Crippen molar-refractivity contribution >= 4 is 15.7 Å². The topological polar surface area (TPSA) is 102 Å². The molecule has 0 aliphatic rings. The van der Waals surface area contributed by atoms with Crippen LogP contribution in [0.15, 0.2) is 107 Å². The molecule has 29 heavy (non-hydrogen) atoms. The van der Waals surface area contributed by atoms with Crippen LogP contribution in [0.1, 0.15) is 13.8 Å². The van der Waals surface area contributed by atoms with E-state index in [4.69, 9.17) is 5.73 Å². The van der Waals surface area contributed by atoms with Crippen molar-refractivity contribution in [3.05, 3.63) is 102 Å². The summed E-state index contributed by atoms with van der Waals surface area (Å²) in [4.78, 5) is 10.3. The first-order valence-electron chi connectivity index (χ1n) is 9.08. The van der Waals surface area contributed by atoms with Gasteiger partial charge < -0.3 is 5.73 Å². The van der Waals surface area contributed by atoms with Gasteiger partial charge in [0.2, 0.25) is 10.0 Å². The van der Waals surface area contributed by atoms with Crippen molar-refractivity contribution in [1.82, 2.24) is 4.72 Å². The zero-order valence-corrected chi connectivity index (χ0v) is 17.4. The zero-order chi connectivity index (χ0) is 21.5. The van der Waals surface area contributed by atoms with E-state index in [0.29, 0.717) is 0 Å².